The molecule has 1 aliphatic carbocycles. The molecular formula is C20H17ClN2O4. The first-order valence-electron chi connectivity index (χ1n) is 8.59. The lowest BCUT2D eigenvalue weighted by Gasteiger charge is -2.38. The molecule has 7 heteroatoms. The van der Waals surface area contributed by atoms with Gasteiger partial charge in [0.1, 0.15) is 0 Å². The summed E-state index contributed by atoms with van der Waals surface area (Å²) in [5, 5.41) is 15.1. The third kappa shape index (κ3) is 2.86. The molecule has 0 aromatic heterocycles. The quantitative estimate of drug-likeness (QED) is 0.353. The summed E-state index contributed by atoms with van der Waals surface area (Å²) in [4.78, 5) is 23.0. The maximum absolute atomic E-state index is 12.2. The number of fused-ring (bicyclic) bond motifs is 3. The number of nitro groups is 1. The Hall–Kier alpha value is -2.86. The molecule has 0 amide bonds. The number of allylic oxidation sites excluding steroid dienone is 2. The van der Waals surface area contributed by atoms with Crippen LogP contribution in [0.3, 0.4) is 0 Å². The normalized spacial score (nSPS) is 22.5. The van der Waals surface area contributed by atoms with E-state index in [1.165, 1.54) is 19.2 Å². The predicted molar refractivity (Wildman–Crippen MR) is 102 cm³/mol. The lowest BCUT2D eigenvalue weighted by Crippen LogP contribution is -2.30. The van der Waals surface area contributed by atoms with Crippen molar-refractivity contribution in [3.63, 3.8) is 0 Å². The Labute approximate surface area is 160 Å². The SMILES string of the molecule is COC(=O)c1cccc2c1N[C@@H](c1cc([N+](=O)[O-])ccc1Cl)[C@@H]1CC=C[C@H]21. The molecular weight excluding hydrogens is 368 g/mol. The second-order valence-corrected chi connectivity index (χ2v) is 7.11. The number of esters is 1. The van der Waals surface area contributed by atoms with Gasteiger partial charge in [-0.15, -0.1) is 0 Å². The van der Waals surface area contributed by atoms with Crippen LogP contribution in [0.1, 0.15) is 39.9 Å². The van der Waals surface area contributed by atoms with E-state index in [9.17, 15) is 14.9 Å². The van der Waals surface area contributed by atoms with Crippen molar-refractivity contribution in [3.05, 3.63) is 80.4 Å². The van der Waals surface area contributed by atoms with Crippen molar-refractivity contribution in [2.24, 2.45) is 5.92 Å². The Balaban J connectivity index is 1.85. The number of ether oxygens (including phenoxy) is 1. The Kier molecular flexibility index (Phi) is 4.36. The van der Waals surface area contributed by atoms with Gasteiger partial charge in [-0.05, 0) is 30.0 Å². The molecule has 138 valence electrons. The van der Waals surface area contributed by atoms with E-state index in [4.69, 9.17) is 16.3 Å². The van der Waals surface area contributed by atoms with E-state index in [0.29, 0.717) is 21.8 Å². The summed E-state index contributed by atoms with van der Waals surface area (Å²) in [6.45, 7) is 0. The highest BCUT2D eigenvalue weighted by Gasteiger charge is 2.40. The van der Waals surface area contributed by atoms with Crippen LogP contribution in [0.25, 0.3) is 0 Å². The van der Waals surface area contributed by atoms with E-state index in [-0.39, 0.29) is 23.6 Å². The number of carbonyl (C=O) groups excluding carboxylic acids is 1. The van der Waals surface area contributed by atoms with Crippen LogP contribution in [0.4, 0.5) is 11.4 Å². The molecule has 0 radical (unpaired) electrons. The lowest BCUT2D eigenvalue weighted by molar-refractivity contribution is -0.384. The topological polar surface area (TPSA) is 81.5 Å². The molecule has 3 atom stereocenters. The van der Waals surface area contributed by atoms with Gasteiger partial charge in [-0.3, -0.25) is 10.1 Å². The van der Waals surface area contributed by atoms with Crippen LogP contribution in [0.2, 0.25) is 5.02 Å². The average molecular weight is 385 g/mol. The minimum absolute atomic E-state index is 0.00856. The summed E-state index contributed by atoms with van der Waals surface area (Å²) in [6.07, 6.45) is 5.06. The predicted octanol–water partition coefficient (Wildman–Crippen LogP) is 4.86. The van der Waals surface area contributed by atoms with Gasteiger partial charge in [-0.2, -0.15) is 0 Å². The van der Waals surface area contributed by atoms with Gasteiger partial charge in [0, 0.05) is 28.6 Å². The lowest BCUT2D eigenvalue weighted by atomic mass is 9.76. The van der Waals surface area contributed by atoms with Crippen LogP contribution in [0, 0.1) is 16.0 Å². The maximum atomic E-state index is 12.2. The Morgan fingerprint density at radius 3 is 2.85 bits per heavy atom. The smallest absolute Gasteiger partial charge is 0.339 e. The van der Waals surface area contributed by atoms with Crippen LogP contribution in [-0.2, 0) is 4.74 Å². The Morgan fingerprint density at radius 1 is 1.30 bits per heavy atom. The molecule has 0 spiro atoms. The number of nitrogens with one attached hydrogen (secondary N) is 1. The molecule has 1 aliphatic heterocycles. The maximum Gasteiger partial charge on any atom is 0.339 e. The zero-order valence-corrected chi connectivity index (χ0v) is 15.3. The van der Waals surface area contributed by atoms with Crippen molar-refractivity contribution < 1.29 is 14.5 Å². The van der Waals surface area contributed by atoms with E-state index >= 15 is 0 Å². The molecule has 1 N–H and O–H groups in total. The van der Waals surface area contributed by atoms with E-state index in [0.717, 1.165) is 12.0 Å². The standard InChI is InChI=1S/C20H17ClN2O4/c1-27-20(24)15-7-3-6-13-12-4-2-5-14(12)19(22-18(13)15)16-10-11(23(25)26)8-9-17(16)21/h2-4,6-10,12,14,19,22H,5H2,1H3/t12-,14-,19-/m1/s1. The number of benzene rings is 2. The molecule has 4 rings (SSSR count). The number of hydrogen-bond donors (Lipinski definition) is 1. The van der Waals surface area contributed by atoms with Crippen molar-refractivity contribution in [2.45, 2.75) is 18.4 Å². The zero-order chi connectivity index (χ0) is 19.1. The molecule has 0 fully saturated rings. The Morgan fingerprint density at radius 2 is 2.11 bits per heavy atom. The monoisotopic (exact) mass is 384 g/mol. The second-order valence-electron chi connectivity index (χ2n) is 6.70. The number of methoxy groups -OCH3 is 1. The fourth-order valence-corrected chi connectivity index (χ4v) is 4.33. The van der Waals surface area contributed by atoms with Gasteiger partial charge in [0.05, 0.1) is 29.3 Å². The van der Waals surface area contributed by atoms with Gasteiger partial charge in [0.2, 0.25) is 0 Å². The summed E-state index contributed by atoms with van der Waals surface area (Å²) in [6, 6.07) is 9.76. The summed E-state index contributed by atoms with van der Waals surface area (Å²) in [5.41, 5.74) is 2.82. The molecule has 1 heterocycles. The number of nitrogens with zero attached hydrogens (tertiary/aromatic N) is 1. The molecule has 0 unspecified atom stereocenters. The number of anilines is 1. The molecule has 2 aromatic carbocycles. The van der Waals surface area contributed by atoms with Crippen LogP contribution in [0.15, 0.2) is 48.6 Å². The third-order valence-corrected chi connectivity index (χ3v) is 5.67. The van der Waals surface area contributed by atoms with Crippen molar-refractivity contribution in [2.75, 3.05) is 12.4 Å². The zero-order valence-electron chi connectivity index (χ0n) is 14.5. The summed E-state index contributed by atoms with van der Waals surface area (Å²) in [5.74, 6) is -0.167. The highest BCUT2D eigenvalue weighted by Crippen LogP contribution is 2.51. The number of halogens is 1. The van der Waals surface area contributed by atoms with E-state index in [1.54, 1.807) is 12.1 Å². The van der Waals surface area contributed by atoms with Gasteiger partial charge >= 0.3 is 5.97 Å². The molecule has 0 bridgehead atoms. The van der Waals surface area contributed by atoms with Crippen LogP contribution >= 0.6 is 11.6 Å². The molecule has 0 saturated carbocycles. The molecule has 6 nitrogen and oxygen atoms in total. The van der Waals surface area contributed by atoms with Gasteiger partial charge < -0.3 is 10.1 Å². The fourth-order valence-electron chi connectivity index (χ4n) is 4.09. The first-order chi connectivity index (χ1) is 13.0. The highest BCUT2D eigenvalue weighted by atomic mass is 35.5. The van der Waals surface area contributed by atoms with Gasteiger partial charge in [0.15, 0.2) is 0 Å². The fraction of sp³-hybridized carbons (Fsp3) is 0.250. The van der Waals surface area contributed by atoms with Crippen LogP contribution < -0.4 is 5.32 Å². The second kappa shape index (κ2) is 6.70. The summed E-state index contributed by atoms with van der Waals surface area (Å²) in [7, 11) is 1.34. The molecule has 0 saturated heterocycles. The van der Waals surface area contributed by atoms with E-state index < -0.39 is 10.9 Å². The van der Waals surface area contributed by atoms with Gasteiger partial charge in [0.25, 0.3) is 5.69 Å². The largest absolute Gasteiger partial charge is 0.465 e. The van der Waals surface area contributed by atoms with E-state index in [2.05, 4.69) is 17.5 Å². The number of nitro benzene ring substituents is 1. The van der Waals surface area contributed by atoms with Gasteiger partial charge in [-0.1, -0.05) is 35.9 Å². The Bertz CT molecular complexity index is 972. The first-order valence-corrected chi connectivity index (χ1v) is 8.97. The number of non-ortho nitro benzene ring substituents is 1. The number of carbonyl (C=O) groups is 1. The molecule has 2 aliphatic rings. The summed E-state index contributed by atoms with van der Waals surface area (Å²) >= 11 is 6.41. The van der Waals surface area contributed by atoms with Crippen molar-refractivity contribution in [3.8, 4) is 0 Å². The highest BCUT2D eigenvalue weighted by molar-refractivity contribution is 6.31. The number of para-hydroxylation sites is 1. The minimum atomic E-state index is -0.430. The van der Waals surface area contributed by atoms with Crippen molar-refractivity contribution in [1.29, 1.82) is 0 Å². The first kappa shape index (κ1) is 17.5. The third-order valence-electron chi connectivity index (χ3n) is 5.33. The minimum Gasteiger partial charge on any atom is -0.465 e. The van der Waals surface area contributed by atoms with Gasteiger partial charge in [-0.25, -0.2) is 4.79 Å². The number of rotatable bonds is 3. The average Bonchev–Trinajstić information content (AvgIpc) is 3.16. The molecule has 2 aromatic rings. The van der Waals surface area contributed by atoms with Crippen molar-refractivity contribution in [1.82, 2.24) is 0 Å². The van der Waals surface area contributed by atoms with Crippen LogP contribution in [0.5, 0.6) is 0 Å². The summed E-state index contributed by atoms with van der Waals surface area (Å²) < 4.78 is 4.92. The van der Waals surface area contributed by atoms with Crippen LogP contribution in [-0.4, -0.2) is 18.0 Å². The number of hydrogen-bond acceptors (Lipinski definition) is 5. The van der Waals surface area contributed by atoms with Crippen molar-refractivity contribution >= 4 is 28.9 Å². The molecule has 27 heavy (non-hydrogen) atoms. The van der Waals surface area contributed by atoms with E-state index in [1.807, 2.05) is 12.1 Å².